The summed E-state index contributed by atoms with van der Waals surface area (Å²) in [6.45, 7) is 3.61. The quantitative estimate of drug-likeness (QED) is 0.755. The Balaban J connectivity index is 2.40. The van der Waals surface area contributed by atoms with Crippen molar-refractivity contribution in [3.05, 3.63) is 34.3 Å². The van der Waals surface area contributed by atoms with Gasteiger partial charge in [0.1, 0.15) is 5.92 Å². The molecule has 0 N–H and O–H groups in total. The van der Waals surface area contributed by atoms with E-state index in [1.54, 1.807) is 6.92 Å². The number of carbonyl (C=O) groups is 2. The molecule has 3 atom stereocenters. The summed E-state index contributed by atoms with van der Waals surface area (Å²) in [6.07, 6.45) is -3.15. The van der Waals surface area contributed by atoms with Crippen LogP contribution in [0.1, 0.15) is 43.7 Å². The van der Waals surface area contributed by atoms with Crippen LogP contribution in [0.15, 0.2) is 18.2 Å². The maximum absolute atomic E-state index is 12.7. The second kappa shape index (κ2) is 6.03. The fourth-order valence-electron chi connectivity index (χ4n) is 3.01. The van der Waals surface area contributed by atoms with Crippen LogP contribution < -0.4 is 0 Å². The largest absolute Gasteiger partial charge is 0.416 e. The molecule has 1 aliphatic carbocycles. The fourth-order valence-corrected chi connectivity index (χ4v) is 3.30. The van der Waals surface area contributed by atoms with Gasteiger partial charge >= 0.3 is 6.18 Å². The minimum Gasteiger partial charge on any atom is -0.298 e. The lowest BCUT2D eigenvalue weighted by atomic mass is 9.91. The monoisotopic (exact) mass is 332 g/mol. The predicted octanol–water partition coefficient (Wildman–Crippen LogP) is 4.65. The third-order valence-corrected chi connectivity index (χ3v) is 4.55. The molecule has 2 rings (SSSR count). The van der Waals surface area contributed by atoms with Crippen molar-refractivity contribution in [3.8, 4) is 0 Å². The van der Waals surface area contributed by atoms with E-state index < -0.39 is 23.6 Å². The number of carbonyl (C=O) groups excluding carboxylic acids is 2. The summed E-state index contributed by atoms with van der Waals surface area (Å²) in [7, 11) is 0. The van der Waals surface area contributed by atoms with E-state index in [0.717, 1.165) is 24.6 Å². The lowest BCUT2D eigenvalue weighted by Gasteiger charge is -2.13. The van der Waals surface area contributed by atoms with Gasteiger partial charge in [0.25, 0.3) is 0 Å². The summed E-state index contributed by atoms with van der Waals surface area (Å²) < 4.78 is 38.0. The van der Waals surface area contributed by atoms with Crippen molar-refractivity contribution >= 4 is 23.2 Å². The number of rotatable bonds is 3. The van der Waals surface area contributed by atoms with E-state index in [4.69, 9.17) is 11.6 Å². The third-order valence-electron chi connectivity index (χ3n) is 4.23. The first-order valence-corrected chi connectivity index (χ1v) is 7.50. The molecule has 0 aromatic heterocycles. The molecule has 1 aromatic rings. The molecule has 1 aliphatic rings. The molecule has 0 radical (unpaired) electrons. The van der Waals surface area contributed by atoms with Crippen LogP contribution >= 0.6 is 11.6 Å². The van der Waals surface area contributed by atoms with Crippen LogP contribution in [0.2, 0.25) is 5.02 Å². The van der Waals surface area contributed by atoms with Crippen LogP contribution in [-0.2, 0) is 15.8 Å². The Morgan fingerprint density at radius 3 is 2.32 bits per heavy atom. The number of alkyl halides is 3. The van der Waals surface area contributed by atoms with Gasteiger partial charge in [0.15, 0.2) is 11.6 Å². The van der Waals surface area contributed by atoms with E-state index >= 15 is 0 Å². The van der Waals surface area contributed by atoms with Gasteiger partial charge in [0.05, 0.1) is 5.56 Å². The highest BCUT2D eigenvalue weighted by molar-refractivity contribution is 6.32. The van der Waals surface area contributed by atoms with E-state index in [0.29, 0.717) is 6.42 Å². The van der Waals surface area contributed by atoms with E-state index in [1.807, 2.05) is 6.92 Å². The van der Waals surface area contributed by atoms with Crippen LogP contribution in [0.4, 0.5) is 13.2 Å². The second-order valence-electron chi connectivity index (χ2n) is 5.66. The molecule has 6 heteroatoms. The molecule has 1 saturated carbocycles. The Labute approximate surface area is 131 Å². The van der Waals surface area contributed by atoms with Crippen LogP contribution in [0, 0.1) is 11.8 Å². The van der Waals surface area contributed by atoms with Gasteiger partial charge in [-0.15, -0.1) is 0 Å². The fraction of sp³-hybridized carbons (Fsp3) is 0.500. The normalized spacial score (nSPS) is 25.8. The molecular weight excluding hydrogens is 317 g/mol. The molecule has 0 aliphatic heterocycles. The molecule has 0 saturated heterocycles. The van der Waals surface area contributed by atoms with Crippen molar-refractivity contribution in [2.45, 2.75) is 38.8 Å². The molecule has 2 nitrogen and oxygen atoms in total. The average Bonchev–Trinajstić information content (AvgIpc) is 2.63. The molecule has 0 heterocycles. The Kier molecular flexibility index (Phi) is 4.66. The number of halogens is 4. The van der Waals surface area contributed by atoms with E-state index in [-0.39, 0.29) is 28.1 Å². The van der Waals surface area contributed by atoms with Gasteiger partial charge in [-0.2, -0.15) is 13.2 Å². The average molecular weight is 333 g/mol. The van der Waals surface area contributed by atoms with Gasteiger partial charge in [0.2, 0.25) is 0 Å². The van der Waals surface area contributed by atoms with Crippen molar-refractivity contribution in [1.82, 2.24) is 0 Å². The van der Waals surface area contributed by atoms with Crippen molar-refractivity contribution in [1.29, 1.82) is 0 Å². The van der Waals surface area contributed by atoms with E-state index in [1.165, 1.54) is 0 Å². The standard InChI is InChI=1S/C16H16ClF3O2/c1-3-4-10-8(2)14(21)13(15(10)22)11-6-5-9(7-12(11)17)16(18,19)20/h5-8,10,13H,3-4H2,1-2H3. The topological polar surface area (TPSA) is 34.1 Å². The summed E-state index contributed by atoms with van der Waals surface area (Å²) in [5.74, 6) is -2.33. The highest BCUT2D eigenvalue weighted by atomic mass is 35.5. The van der Waals surface area contributed by atoms with Gasteiger partial charge in [-0.25, -0.2) is 0 Å². The summed E-state index contributed by atoms with van der Waals surface area (Å²) >= 11 is 5.91. The zero-order valence-corrected chi connectivity index (χ0v) is 13.0. The lowest BCUT2D eigenvalue weighted by molar-refractivity contribution is -0.137. The highest BCUT2D eigenvalue weighted by Crippen LogP contribution is 2.42. The van der Waals surface area contributed by atoms with Gasteiger partial charge < -0.3 is 0 Å². The highest BCUT2D eigenvalue weighted by Gasteiger charge is 2.47. The zero-order chi connectivity index (χ0) is 16.7. The number of hydrogen-bond donors (Lipinski definition) is 0. The second-order valence-corrected chi connectivity index (χ2v) is 6.06. The van der Waals surface area contributed by atoms with E-state index in [9.17, 15) is 22.8 Å². The van der Waals surface area contributed by atoms with Crippen molar-refractivity contribution < 1.29 is 22.8 Å². The Bertz CT molecular complexity index is 610. The molecule has 22 heavy (non-hydrogen) atoms. The molecular formula is C16H16ClF3O2. The van der Waals surface area contributed by atoms with Gasteiger partial charge in [-0.05, 0) is 24.1 Å². The van der Waals surface area contributed by atoms with E-state index in [2.05, 4.69) is 0 Å². The SMILES string of the molecule is CCCC1C(=O)C(c2ccc(C(F)(F)F)cc2Cl)C(=O)C1C. The van der Waals surface area contributed by atoms with Crippen LogP contribution in [-0.4, -0.2) is 11.6 Å². The summed E-state index contributed by atoms with van der Waals surface area (Å²) in [4.78, 5) is 24.8. The first kappa shape index (κ1) is 17.0. The maximum Gasteiger partial charge on any atom is 0.416 e. The Morgan fingerprint density at radius 1 is 1.18 bits per heavy atom. The lowest BCUT2D eigenvalue weighted by Crippen LogP contribution is -2.16. The van der Waals surface area contributed by atoms with Crippen molar-refractivity contribution in [3.63, 3.8) is 0 Å². The molecule has 120 valence electrons. The van der Waals surface area contributed by atoms with Crippen molar-refractivity contribution in [2.75, 3.05) is 0 Å². The van der Waals surface area contributed by atoms with Crippen molar-refractivity contribution in [2.24, 2.45) is 11.8 Å². The summed E-state index contributed by atoms with van der Waals surface area (Å²) in [6, 6.07) is 2.78. The molecule has 1 aromatic carbocycles. The number of ketones is 2. The maximum atomic E-state index is 12.7. The molecule has 0 bridgehead atoms. The number of hydrogen-bond acceptors (Lipinski definition) is 2. The smallest absolute Gasteiger partial charge is 0.298 e. The Hall–Kier alpha value is -1.36. The van der Waals surface area contributed by atoms with Crippen LogP contribution in [0.3, 0.4) is 0 Å². The molecule has 0 amide bonds. The number of Topliss-reactive ketones (excluding diaryl/α,β-unsaturated/α-hetero) is 2. The van der Waals surface area contributed by atoms with Gasteiger partial charge in [-0.3, -0.25) is 9.59 Å². The van der Waals surface area contributed by atoms with Crippen LogP contribution in [0.5, 0.6) is 0 Å². The molecule has 3 unspecified atom stereocenters. The predicted molar refractivity (Wildman–Crippen MR) is 76.8 cm³/mol. The third kappa shape index (κ3) is 2.91. The summed E-state index contributed by atoms with van der Waals surface area (Å²) in [5.41, 5.74) is -0.715. The minimum absolute atomic E-state index is 0.176. The van der Waals surface area contributed by atoms with Gasteiger partial charge in [-0.1, -0.05) is 37.9 Å². The first-order valence-electron chi connectivity index (χ1n) is 7.12. The van der Waals surface area contributed by atoms with Crippen LogP contribution in [0.25, 0.3) is 0 Å². The number of benzene rings is 1. The minimum atomic E-state index is -4.51. The zero-order valence-electron chi connectivity index (χ0n) is 12.2. The molecule has 0 spiro atoms. The molecule has 1 fully saturated rings. The van der Waals surface area contributed by atoms with Gasteiger partial charge in [0, 0.05) is 16.9 Å². The summed E-state index contributed by atoms with van der Waals surface area (Å²) in [5, 5.41) is -0.189. The first-order chi connectivity index (χ1) is 10.2. The Morgan fingerprint density at radius 2 is 1.82 bits per heavy atom.